The van der Waals surface area contributed by atoms with Crippen molar-refractivity contribution in [2.75, 3.05) is 0 Å². The smallest absolute Gasteiger partial charge is 0.360 e. The molecule has 2 saturated carbocycles. The van der Waals surface area contributed by atoms with Crippen LogP contribution in [-0.4, -0.2) is 35.1 Å². The molecular formula is C27H27NO6. The van der Waals surface area contributed by atoms with Gasteiger partial charge in [-0.3, -0.25) is 4.79 Å². The molecule has 1 aromatic carbocycles. The van der Waals surface area contributed by atoms with Crippen LogP contribution < -0.4 is 0 Å². The third-order valence-electron chi connectivity index (χ3n) is 7.64. The van der Waals surface area contributed by atoms with Crippen LogP contribution in [0.1, 0.15) is 41.4 Å². The molecule has 2 heterocycles. The van der Waals surface area contributed by atoms with Crippen molar-refractivity contribution in [3.8, 4) is 11.3 Å². The van der Waals surface area contributed by atoms with Gasteiger partial charge in [-0.15, -0.1) is 0 Å². The maximum absolute atomic E-state index is 13.1. The minimum Gasteiger partial charge on any atom is -0.458 e. The van der Waals surface area contributed by atoms with E-state index in [0.29, 0.717) is 18.6 Å². The Labute approximate surface area is 197 Å². The number of benzene rings is 1. The fraction of sp³-hybridized carbons (Fsp3) is 0.407. The topological polar surface area (TPSA) is 95.7 Å². The molecule has 1 aromatic heterocycles. The lowest BCUT2D eigenvalue weighted by Crippen LogP contribution is -2.37. The number of rotatable bonds is 3. The summed E-state index contributed by atoms with van der Waals surface area (Å²) in [5.74, 6) is -1.66. The molecule has 2 aliphatic carbocycles. The normalized spacial score (nSPS) is 30.6. The molecule has 6 unspecified atom stereocenters. The van der Waals surface area contributed by atoms with Gasteiger partial charge in [-0.05, 0) is 31.4 Å². The van der Waals surface area contributed by atoms with Crippen molar-refractivity contribution in [2.24, 2.45) is 23.7 Å². The summed E-state index contributed by atoms with van der Waals surface area (Å²) in [4.78, 5) is 38.0. The molecule has 1 aliphatic heterocycles. The Morgan fingerprint density at radius 3 is 2.68 bits per heavy atom. The molecule has 0 bridgehead atoms. The Hall–Kier alpha value is -3.48. The van der Waals surface area contributed by atoms with Gasteiger partial charge in [0.05, 0.1) is 5.92 Å². The number of ether oxygens (including phenoxy) is 2. The summed E-state index contributed by atoms with van der Waals surface area (Å²) in [5, 5.41) is 3.93. The van der Waals surface area contributed by atoms with Crippen LogP contribution >= 0.6 is 0 Å². The van der Waals surface area contributed by atoms with Gasteiger partial charge in [-0.25, -0.2) is 9.59 Å². The third kappa shape index (κ3) is 3.50. The van der Waals surface area contributed by atoms with Gasteiger partial charge in [-0.1, -0.05) is 48.5 Å². The number of aryl methyl sites for hydroxylation is 2. The zero-order valence-corrected chi connectivity index (χ0v) is 19.5. The Kier molecular flexibility index (Phi) is 5.30. The summed E-state index contributed by atoms with van der Waals surface area (Å²) in [6, 6.07) is 7.51. The Balaban J connectivity index is 1.42. The predicted molar refractivity (Wildman–Crippen MR) is 123 cm³/mol. The lowest BCUT2D eigenvalue weighted by molar-refractivity contribution is -0.143. The maximum Gasteiger partial charge on any atom is 0.360 e. The van der Waals surface area contributed by atoms with Gasteiger partial charge in [0.1, 0.15) is 18.0 Å². The molecule has 0 amide bonds. The van der Waals surface area contributed by atoms with Crippen molar-refractivity contribution in [2.45, 2.75) is 45.8 Å². The summed E-state index contributed by atoms with van der Waals surface area (Å²) >= 11 is 0. The molecule has 5 rings (SSSR count). The van der Waals surface area contributed by atoms with Crippen LogP contribution in [0.25, 0.3) is 11.3 Å². The summed E-state index contributed by atoms with van der Waals surface area (Å²) in [6.07, 6.45) is -0.587. The Morgan fingerprint density at radius 1 is 1.15 bits per heavy atom. The average molecular weight is 462 g/mol. The van der Waals surface area contributed by atoms with Crippen LogP contribution in [0.5, 0.6) is 0 Å². The van der Waals surface area contributed by atoms with E-state index in [1.54, 1.807) is 6.07 Å². The predicted octanol–water partition coefficient (Wildman–Crippen LogP) is 4.38. The third-order valence-corrected chi connectivity index (χ3v) is 7.64. The van der Waals surface area contributed by atoms with Gasteiger partial charge < -0.3 is 14.0 Å². The fourth-order valence-corrected chi connectivity index (χ4v) is 5.74. The fourth-order valence-electron chi connectivity index (χ4n) is 5.74. The summed E-state index contributed by atoms with van der Waals surface area (Å²) < 4.78 is 17.0. The number of aromatic nitrogens is 1. The monoisotopic (exact) mass is 461 g/mol. The van der Waals surface area contributed by atoms with Crippen LogP contribution in [0, 0.1) is 37.5 Å². The summed E-state index contributed by atoms with van der Waals surface area (Å²) in [5.41, 5.74) is 4.05. The molecule has 0 spiro atoms. The number of Topliss-reactive ketones (excluding diaryl/α,β-unsaturated/α-hetero) is 1. The second-order valence-corrected chi connectivity index (χ2v) is 9.76. The number of ketones is 1. The molecular weight excluding hydrogens is 434 g/mol. The summed E-state index contributed by atoms with van der Waals surface area (Å²) in [7, 11) is 0. The molecule has 7 heteroatoms. The van der Waals surface area contributed by atoms with Gasteiger partial charge in [-0.2, -0.15) is 0 Å². The number of fused-ring (bicyclic) bond motifs is 3. The second-order valence-electron chi connectivity index (χ2n) is 9.76. The molecule has 0 N–H and O–H groups in total. The lowest BCUT2D eigenvalue weighted by atomic mass is 9.79. The zero-order chi connectivity index (χ0) is 24.3. The number of carbonyl (C=O) groups is 3. The number of carbonyl (C=O) groups excluding carboxylic acids is 3. The van der Waals surface area contributed by atoms with Crippen LogP contribution in [0.3, 0.4) is 0 Å². The van der Waals surface area contributed by atoms with E-state index >= 15 is 0 Å². The minimum absolute atomic E-state index is 0.0434. The van der Waals surface area contributed by atoms with Crippen LogP contribution in [-0.2, 0) is 19.1 Å². The van der Waals surface area contributed by atoms with E-state index in [0.717, 1.165) is 22.3 Å². The molecule has 3 aliphatic rings. The van der Waals surface area contributed by atoms with Crippen LogP contribution in [0.4, 0.5) is 0 Å². The second kappa shape index (κ2) is 8.08. The van der Waals surface area contributed by atoms with Crippen molar-refractivity contribution >= 4 is 17.7 Å². The van der Waals surface area contributed by atoms with Crippen molar-refractivity contribution in [1.82, 2.24) is 5.16 Å². The molecule has 34 heavy (non-hydrogen) atoms. The highest BCUT2D eigenvalue weighted by molar-refractivity contribution is 5.92. The van der Waals surface area contributed by atoms with Crippen molar-refractivity contribution in [3.05, 3.63) is 65.4 Å². The molecule has 6 atom stereocenters. The highest BCUT2D eigenvalue weighted by atomic mass is 16.6. The Bertz CT molecular complexity index is 1240. The van der Waals surface area contributed by atoms with E-state index in [1.807, 2.05) is 39.0 Å². The number of hydrogen-bond donors (Lipinski definition) is 0. The van der Waals surface area contributed by atoms with Gasteiger partial charge in [0.25, 0.3) is 0 Å². The Morgan fingerprint density at radius 2 is 1.91 bits per heavy atom. The standard InChI is InChI=1S/C27H27NO6/c1-12-6-7-13(2)17(8-12)21-11-19(28-34-21)27(31)32-22-9-14(3)18-10-20(29)15(4)23(18)25-24(22)16(5)26(30)33-25/h6-8,11,15,18,22-25H,3,5,9-10H2,1-2,4H3. The number of nitrogens with zero attached hydrogens (tertiary/aromatic N) is 1. The largest absolute Gasteiger partial charge is 0.458 e. The quantitative estimate of drug-likeness (QED) is 0.380. The molecule has 7 nitrogen and oxygen atoms in total. The zero-order valence-electron chi connectivity index (χ0n) is 19.5. The van der Waals surface area contributed by atoms with Crippen molar-refractivity contribution in [3.63, 3.8) is 0 Å². The van der Waals surface area contributed by atoms with E-state index in [9.17, 15) is 14.4 Å². The first kappa shape index (κ1) is 22.3. The summed E-state index contributed by atoms with van der Waals surface area (Å²) in [6.45, 7) is 13.9. The number of hydrogen-bond acceptors (Lipinski definition) is 7. The van der Waals surface area contributed by atoms with Crippen LogP contribution in [0.2, 0.25) is 0 Å². The van der Waals surface area contributed by atoms with Crippen molar-refractivity contribution in [1.29, 1.82) is 0 Å². The van der Waals surface area contributed by atoms with Crippen LogP contribution in [0.15, 0.2) is 53.1 Å². The number of esters is 2. The van der Waals surface area contributed by atoms with E-state index in [4.69, 9.17) is 14.0 Å². The van der Waals surface area contributed by atoms with Gasteiger partial charge in [0, 0.05) is 41.9 Å². The average Bonchev–Trinajstić information content (AvgIpc) is 3.45. The molecule has 0 radical (unpaired) electrons. The molecule has 176 valence electrons. The van der Waals surface area contributed by atoms with Gasteiger partial charge >= 0.3 is 11.9 Å². The van der Waals surface area contributed by atoms with E-state index in [1.165, 1.54) is 0 Å². The van der Waals surface area contributed by atoms with Crippen molar-refractivity contribution < 1.29 is 28.4 Å². The maximum atomic E-state index is 13.1. The first-order chi connectivity index (χ1) is 16.2. The van der Waals surface area contributed by atoms with E-state index < -0.39 is 30.1 Å². The van der Waals surface area contributed by atoms with Gasteiger partial charge in [0.2, 0.25) is 0 Å². The lowest BCUT2D eigenvalue weighted by Gasteiger charge is -2.29. The molecule has 1 saturated heterocycles. The van der Waals surface area contributed by atoms with E-state index in [2.05, 4.69) is 18.3 Å². The highest BCUT2D eigenvalue weighted by Crippen LogP contribution is 2.52. The first-order valence-electron chi connectivity index (χ1n) is 11.5. The molecule has 2 aromatic rings. The van der Waals surface area contributed by atoms with E-state index in [-0.39, 0.29) is 34.8 Å². The minimum atomic E-state index is -0.697. The first-order valence-corrected chi connectivity index (χ1v) is 11.5. The van der Waals surface area contributed by atoms with Gasteiger partial charge in [0.15, 0.2) is 11.5 Å². The SMILES string of the molecule is C=C1CC(OC(=O)c2cc(-c3cc(C)ccc3C)on2)C2C(=C)C(=O)OC2C2C(C)C(=O)CC12. The molecule has 3 fully saturated rings. The highest BCUT2D eigenvalue weighted by Gasteiger charge is 2.57.